The van der Waals surface area contributed by atoms with Crippen molar-refractivity contribution in [2.45, 2.75) is 25.3 Å². The second-order valence-electron chi connectivity index (χ2n) is 3.56. The molecular weight excluding hydrogens is 248 g/mol. The Morgan fingerprint density at radius 1 is 0.882 bits per heavy atom. The van der Waals surface area contributed by atoms with E-state index in [0.29, 0.717) is 12.1 Å². The molecule has 1 rings (SSSR count). The van der Waals surface area contributed by atoms with Gasteiger partial charge in [-0.05, 0) is 18.2 Å². The first-order valence-electron chi connectivity index (χ1n) is 4.52. The van der Waals surface area contributed by atoms with Crippen molar-refractivity contribution < 1.29 is 26.3 Å². The molecule has 0 aliphatic rings. The Balaban J connectivity index is 3.40. The molecule has 0 aliphatic heterocycles. The van der Waals surface area contributed by atoms with Crippen LogP contribution in [0.3, 0.4) is 0 Å². The molecule has 1 atom stereocenters. The van der Waals surface area contributed by atoms with Crippen LogP contribution in [0.15, 0.2) is 18.2 Å². The van der Waals surface area contributed by atoms with Gasteiger partial charge in [0.2, 0.25) is 0 Å². The van der Waals surface area contributed by atoms with E-state index in [-0.39, 0.29) is 11.6 Å². The van der Waals surface area contributed by atoms with Gasteiger partial charge in [0.15, 0.2) is 0 Å². The van der Waals surface area contributed by atoms with Crippen LogP contribution in [-0.4, -0.2) is 0 Å². The highest BCUT2D eigenvalue weighted by Gasteiger charge is 2.36. The standard InChI is InChI=1S/C10H8F6N/c1-5(17)6-2-7(9(11,12)13)4-8(3-6)10(14,15)16/h2-5,17H,1H3/q-1/t5-/m1/s1. The topological polar surface area (TPSA) is 23.8 Å². The molecule has 0 unspecified atom stereocenters. The van der Waals surface area contributed by atoms with Crippen LogP contribution in [0.4, 0.5) is 26.3 Å². The number of rotatable bonds is 1. The van der Waals surface area contributed by atoms with Crippen LogP contribution in [-0.2, 0) is 12.4 Å². The minimum Gasteiger partial charge on any atom is -0.671 e. The summed E-state index contributed by atoms with van der Waals surface area (Å²) in [6, 6.07) is 0.0181. The van der Waals surface area contributed by atoms with Crippen LogP contribution in [0.25, 0.3) is 5.73 Å². The molecule has 0 spiro atoms. The highest BCUT2D eigenvalue weighted by atomic mass is 19.4. The van der Waals surface area contributed by atoms with E-state index in [4.69, 9.17) is 5.73 Å². The number of alkyl halides is 6. The van der Waals surface area contributed by atoms with E-state index in [1.165, 1.54) is 6.92 Å². The molecule has 0 heterocycles. The van der Waals surface area contributed by atoms with Gasteiger partial charge in [-0.15, -0.1) is 6.04 Å². The van der Waals surface area contributed by atoms with Gasteiger partial charge in [-0.25, -0.2) is 0 Å². The summed E-state index contributed by atoms with van der Waals surface area (Å²) in [5.41, 5.74) is 4.10. The molecule has 1 aromatic rings. The van der Waals surface area contributed by atoms with Gasteiger partial charge in [0.05, 0.1) is 11.1 Å². The summed E-state index contributed by atoms with van der Waals surface area (Å²) >= 11 is 0. The summed E-state index contributed by atoms with van der Waals surface area (Å²) < 4.78 is 74.2. The predicted octanol–water partition coefficient (Wildman–Crippen LogP) is 4.84. The van der Waals surface area contributed by atoms with Crippen molar-refractivity contribution in [1.82, 2.24) is 0 Å². The third kappa shape index (κ3) is 3.36. The van der Waals surface area contributed by atoms with Gasteiger partial charge in [-0.1, -0.05) is 12.5 Å². The Labute approximate surface area is 93.2 Å². The average molecular weight is 256 g/mol. The SMILES string of the molecule is C[C@@H]([NH-])c1cc(C(F)(F)F)cc(C(F)(F)F)c1. The van der Waals surface area contributed by atoms with E-state index in [2.05, 4.69) is 0 Å². The van der Waals surface area contributed by atoms with Gasteiger partial charge in [0.1, 0.15) is 0 Å². The molecule has 1 N–H and O–H groups in total. The van der Waals surface area contributed by atoms with Gasteiger partial charge in [-0.3, -0.25) is 0 Å². The molecular formula is C10H8F6N-. The summed E-state index contributed by atoms with van der Waals surface area (Å²) in [7, 11) is 0. The Hall–Kier alpha value is -1.24. The lowest BCUT2D eigenvalue weighted by atomic mass is 10.0. The van der Waals surface area contributed by atoms with E-state index in [9.17, 15) is 26.3 Å². The molecule has 96 valence electrons. The summed E-state index contributed by atoms with van der Waals surface area (Å²) in [5, 5.41) is 0. The Morgan fingerprint density at radius 2 is 1.24 bits per heavy atom. The third-order valence-electron chi connectivity index (χ3n) is 2.11. The zero-order valence-electron chi connectivity index (χ0n) is 8.58. The molecule has 7 heteroatoms. The second kappa shape index (κ2) is 4.21. The first kappa shape index (κ1) is 13.8. The van der Waals surface area contributed by atoms with Gasteiger partial charge in [0, 0.05) is 0 Å². The van der Waals surface area contributed by atoms with Gasteiger partial charge >= 0.3 is 12.4 Å². The van der Waals surface area contributed by atoms with Crippen molar-refractivity contribution in [1.29, 1.82) is 0 Å². The van der Waals surface area contributed by atoms with Gasteiger partial charge in [-0.2, -0.15) is 26.3 Å². The zero-order chi connectivity index (χ0) is 13.4. The van der Waals surface area contributed by atoms with E-state index < -0.39 is 29.5 Å². The largest absolute Gasteiger partial charge is 0.671 e. The lowest BCUT2D eigenvalue weighted by Crippen LogP contribution is -2.12. The number of hydrogen-bond donors (Lipinski definition) is 0. The summed E-state index contributed by atoms with van der Waals surface area (Å²) in [5.74, 6) is 0. The monoisotopic (exact) mass is 256 g/mol. The Morgan fingerprint density at radius 3 is 1.47 bits per heavy atom. The van der Waals surface area contributed by atoms with Crippen molar-refractivity contribution in [3.63, 3.8) is 0 Å². The molecule has 0 bridgehead atoms. The summed E-state index contributed by atoms with van der Waals surface area (Å²) in [4.78, 5) is 0. The van der Waals surface area contributed by atoms with E-state index in [1.54, 1.807) is 0 Å². The lowest BCUT2D eigenvalue weighted by Gasteiger charge is -2.19. The normalized spacial score (nSPS) is 14.8. The molecule has 0 saturated carbocycles. The van der Waals surface area contributed by atoms with Crippen molar-refractivity contribution in [3.05, 3.63) is 40.6 Å². The smallest absolute Gasteiger partial charge is 0.416 e. The predicted molar refractivity (Wildman–Crippen MR) is 49.2 cm³/mol. The maximum Gasteiger partial charge on any atom is 0.416 e. The van der Waals surface area contributed by atoms with Crippen LogP contribution in [0.5, 0.6) is 0 Å². The third-order valence-corrected chi connectivity index (χ3v) is 2.11. The molecule has 0 fully saturated rings. The highest BCUT2D eigenvalue weighted by molar-refractivity contribution is 5.35. The Kier molecular flexibility index (Phi) is 3.42. The summed E-state index contributed by atoms with van der Waals surface area (Å²) in [6.45, 7) is 1.20. The number of halogens is 6. The van der Waals surface area contributed by atoms with Crippen molar-refractivity contribution in [2.24, 2.45) is 0 Å². The van der Waals surface area contributed by atoms with Gasteiger partial charge < -0.3 is 5.73 Å². The van der Waals surface area contributed by atoms with Crippen LogP contribution < -0.4 is 0 Å². The highest BCUT2D eigenvalue weighted by Crippen LogP contribution is 2.37. The molecule has 17 heavy (non-hydrogen) atoms. The fourth-order valence-corrected chi connectivity index (χ4v) is 1.23. The molecule has 0 amide bonds. The average Bonchev–Trinajstić information content (AvgIpc) is 2.14. The lowest BCUT2D eigenvalue weighted by molar-refractivity contribution is -0.143. The minimum absolute atomic E-state index is 0.0475. The first-order valence-corrected chi connectivity index (χ1v) is 4.52. The number of nitrogens with one attached hydrogen (secondary N) is 1. The van der Waals surface area contributed by atoms with Crippen LogP contribution in [0.2, 0.25) is 0 Å². The number of benzene rings is 1. The fraction of sp³-hybridized carbons (Fsp3) is 0.400. The molecule has 0 saturated heterocycles. The maximum absolute atomic E-state index is 12.4. The molecule has 0 aromatic heterocycles. The van der Waals surface area contributed by atoms with Crippen LogP contribution >= 0.6 is 0 Å². The van der Waals surface area contributed by atoms with E-state index >= 15 is 0 Å². The molecule has 1 nitrogen and oxygen atoms in total. The molecule has 0 radical (unpaired) electrons. The van der Waals surface area contributed by atoms with Crippen LogP contribution in [0.1, 0.15) is 29.7 Å². The van der Waals surface area contributed by atoms with Crippen LogP contribution in [0, 0.1) is 0 Å². The summed E-state index contributed by atoms with van der Waals surface area (Å²) in [6.07, 6.45) is -9.71. The fourth-order valence-electron chi connectivity index (χ4n) is 1.23. The quantitative estimate of drug-likeness (QED) is 0.642. The minimum atomic E-state index is -4.86. The van der Waals surface area contributed by atoms with Gasteiger partial charge in [0.25, 0.3) is 0 Å². The van der Waals surface area contributed by atoms with E-state index in [0.717, 1.165) is 0 Å². The zero-order valence-corrected chi connectivity index (χ0v) is 8.58. The van der Waals surface area contributed by atoms with Crippen molar-refractivity contribution >= 4 is 0 Å². The Bertz CT molecular complexity index is 372. The second-order valence-corrected chi connectivity index (χ2v) is 3.56. The van der Waals surface area contributed by atoms with E-state index in [1.807, 2.05) is 0 Å². The number of hydrogen-bond acceptors (Lipinski definition) is 0. The molecule has 1 aromatic carbocycles. The first-order chi connectivity index (χ1) is 7.51. The molecule has 0 aliphatic carbocycles. The maximum atomic E-state index is 12.4. The van der Waals surface area contributed by atoms with Crippen molar-refractivity contribution in [3.8, 4) is 0 Å². The van der Waals surface area contributed by atoms with Crippen molar-refractivity contribution in [2.75, 3.05) is 0 Å².